The Labute approximate surface area is 283 Å². The standard InChI is InChI=1S/C31H22BrN5O10S/c32-31(28(40)35-24(17-48-29(31)35)27(39)46-15-18-6-10-21(11-7-18)36(42)43)25(38)23-14-34(26(33-23)20-4-2-1-3-5-20)30(41)47-16-19-8-12-22(13-9-19)37(44)45/h1-14,17,25,29,38H,15-16H2/t25?,29-,31?/m1/s1. The van der Waals surface area contributed by atoms with E-state index in [2.05, 4.69) is 20.9 Å². The van der Waals surface area contributed by atoms with E-state index in [0.717, 1.165) is 16.3 Å². The number of amides is 1. The molecule has 2 aliphatic rings. The van der Waals surface area contributed by atoms with E-state index in [1.165, 1.54) is 65.0 Å². The number of aliphatic hydroxyl groups excluding tert-OH is 1. The van der Waals surface area contributed by atoms with E-state index in [9.17, 15) is 39.7 Å². The highest BCUT2D eigenvalue weighted by atomic mass is 79.9. The SMILES string of the molecule is O=C(OCc1ccc([N+](=O)[O-])cc1)C1=CS[C@H]2N1C(=O)C2(Br)C(O)c1cn(C(=O)OCc2ccc([N+](=O)[O-])cc2)c(-c2ccccc2)n1. The van der Waals surface area contributed by atoms with Crippen molar-refractivity contribution >= 4 is 57.0 Å². The Morgan fingerprint density at radius 2 is 1.50 bits per heavy atom. The van der Waals surface area contributed by atoms with Crippen molar-refractivity contribution in [2.24, 2.45) is 0 Å². The first-order valence-corrected chi connectivity index (χ1v) is 15.7. The minimum atomic E-state index is -1.62. The van der Waals surface area contributed by atoms with Crippen molar-refractivity contribution in [2.75, 3.05) is 0 Å². The quantitative estimate of drug-likeness (QED) is 0.0734. The van der Waals surface area contributed by atoms with E-state index in [1.54, 1.807) is 30.3 Å². The third kappa shape index (κ3) is 5.94. The zero-order valence-electron chi connectivity index (χ0n) is 24.4. The van der Waals surface area contributed by atoms with Crippen molar-refractivity contribution in [3.63, 3.8) is 0 Å². The molecule has 15 nitrogen and oxygen atoms in total. The Balaban J connectivity index is 1.17. The van der Waals surface area contributed by atoms with Crippen LogP contribution in [0.1, 0.15) is 22.9 Å². The molecule has 6 rings (SSSR count). The minimum absolute atomic E-state index is 0.0270. The van der Waals surface area contributed by atoms with Gasteiger partial charge in [0.15, 0.2) is 4.32 Å². The maximum absolute atomic E-state index is 13.5. The van der Waals surface area contributed by atoms with Gasteiger partial charge in [0, 0.05) is 41.4 Å². The molecule has 0 bridgehead atoms. The molecule has 2 unspecified atom stereocenters. The Morgan fingerprint density at radius 1 is 0.938 bits per heavy atom. The third-order valence-electron chi connectivity index (χ3n) is 7.58. The number of ether oxygens (including phenoxy) is 2. The van der Waals surface area contributed by atoms with Crippen LogP contribution < -0.4 is 0 Å². The molecular formula is C31H22BrN5O10S. The topological polar surface area (TPSA) is 197 Å². The summed E-state index contributed by atoms with van der Waals surface area (Å²) in [5, 5.41) is 34.0. The highest BCUT2D eigenvalue weighted by Crippen LogP contribution is 2.57. The summed E-state index contributed by atoms with van der Waals surface area (Å²) >= 11 is 4.50. The van der Waals surface area contributed by atoms with Crippen LogP contribution in [0, 0.1) is 20.2 Å². The molecule has 1 saturated heterocycles. The average molecular weight is 737 g/mol. The number of nitrogens with zero attached hydrogens (tertiary/aromatic N) is 5. The lowest BCUT2D eigenvalue weighted by Crippen LogP contribution is -2.70. The molecule has 0 saturated carbocycles. The molecule has 1 N–H and O–H groups in total. The van der Waals surface area contributed by atoms with Crippen LogP contribution in [0.15, 0.2) is 96.2 Å². The molecule has 244 valence electrons. The predicted molar refractivity (Wildman–Crippen MR) is 172 cm³/mol. The summed E-state index contributed by atoms with van der Waals surface area (Å²) < 4.78 is 10.3. The number of carbonyl (C=O) groups excluding carboxylic acids is 3. The Bertz CT molecular complexity index is 1970. The van der Waals surface area contributed by atoms with Crippen LogP contribution in [-0.2, 0) is 32.3 Å². The van der Waals surface area contributed by atoms with Gasteiger partial charge in [-0.05, 0) is 35.4 Å². The number of imidazole rings is 1. The van der Waals surface area contributed by atoms with Gasteiger partial charge in [0.2, 0.25) is 0 Å². The van der Waals surface area contributed by atoms with E-state index in [0.29, 0.717) is 16.7 Å². The number of aromatic nitrogens is 2. The van der Waals surface area contributed by atoms with Gasteiger partial charge < -0.3 is 14.6 Å². The Morgan fingerprint density at radius 3 is 2.06 bits per heavy atom. The van der Waals surface area contributed by atoms with Gasteiger partial charge in [-0.15, -0.1) is 11.8 Å². The van der Waals surface area contributed by atoms with Gasteiger partial charge in [0.1, 0.15) is 36.2 Å². The number of fused-ring (bicyclic) bond motifs is 1. The number of rotatable bonds is 10. The lowest BCUT2D eigenvalue weighted by atomic mass is 9.89. The maximum Gasteiger partial charge on any atom is 0.420 e. The number of non-ortho nitro benzene ring substituents is 2. The Kier molecular flexibility index (Phi) is 8.83. The summed E-state index contributed by atoms with van der Waals surface area (Å²) in [6, 6.07) is 19.6. The van der Waals surface area contributed by atoms with Gasteiger partial charge in [-0.25, -0.2) is 19.1 Å². The fraction of sp³-hybridized carbons (Fsp3) is 0.161. The van der Waals surface area contributed by atoms with Gasteiger partial charge in [-0.3, -0.25) is 29.9 Å². The van der Waals surface area contributed by atoms with Crippen LogP contribution >= 0.6 is 27.7 Å². The first kappa shape index (κ1) is 32.5. The largest absolute Gasteiger partial charge is 0.456 e. The van der Waals surface area contributed by atoms with Crippen LogP contribution in [0.4, 0.5) is 16.2 Å². The number of hydrogen-bond acceptors (Lipinski definition) is 12. The first-order valence-electron chi connectivity index (χ1n) is 14.0. The first-order chi connectivity index (χ1) is 23.0. The van der Waals surface area contributed by atoms with Gasteiger partial charge in [0.25, 0.3) is 17.3 Å². The number of nitro benzene ring substituents is 2. The molecule has 0 radical (unpaired) electrons. The second-order valence-electron chi connectivity index (χ2n) is 10.5. The summed E-state index contributed by atoms with van der Waals surface area (Å²) in [6.07, 6.45) is -1.16. The van der Waals surface area contributed by atoms with E-state index >= 15 is 0 Å². The van der Waals surface area contributed by atoms with E-state index in [1.807, 2.05) is 0 Å². The number of esters is 1. The lowest BCUT2D eigenvalue weighted by molar-refractivity contribution is -0.385. The molecule has 4 aromatic rings. The predicted octanol–water partition coefficient (Wildman–Crippen LogP) is 5.22. The number of benzene rings is 3. The average Bonchev–Trinajstić information content (AvgIpc) is 3.74. The fourth-order valence-electron chi connectivity index (χ4n) is 5.04. The molecule has 48 heavy (non-hydrogen) atoms. The maximum atomic E-state index is 13.5. The molecule has 0 aliphatic carbocycles. The summed E-state index contributed by atoms with van der Waals surface area (Å²) in [4.78, 5) is 66.1. The molecule has 1 aromatic heterocycles. The molecule has 2 aliphatic heterocycles. The normalized spacial score (nSPS) is 18.7. The van der Waals surface area contributed by atoms with E-state index < -0.39 is 43.6 Å². The minimum Gasteiger partial charge on any atom is -0.456 e. The lowest BCUT2D eigenvalue weighted by Gasteiger charge is -2.50. The van der Waals surface area contributed by atoms with Gasteiger partial charge >= 0.3 is 12.1 Å². The van der Waals surface area contributed by atoms with Crippen LogP contribution in [0.25, 0.3) is 11.4 Å². The second kappa shape index (κ2) is 13.0. The van der Waals surface area contributed by atoms with Crippen molar-refractivity contribution in [3.8, 4) is 11.4 Å². The van der Waals surface area contributed by atoms with Gasteiger partial charge in [-0.2, -0.15) is 0 Å². The number of halogens is 1. The Hall–Kier alpha value is -5.39. The zero-order chi connectivity index (χ0) is 34.2. The summed E-state index contributed by atoms with van der Waals surface area (Å²) in [5.41, 5.74) is 1.24. The highest BCUT2D eigenvalue weighted by Gasteiger charge is 2.68. The number of alkyl halides is 1. The van der Waals surface area contributed by atoms with Crippen LogP contribution in [0.2, 0.25) is 0 Å². The van der Waals surface area contributed by atoms with Crippen molar-refractivity contribution in [2.45, 2.75) is 29.0 Å². The monoisotopic (exact) mass is 735 g/mol. The molecule has 3 atom stereocenters. The number of hydrogen-bond donors (Lipinski definition) is 1. The second-order valence-corrected chi connectivity index (χ2v) is 12.8. The van der Waals surface area contributed by atoms with Crippen molar-refractivity contribution < 1.29 is 38.8 Å². The smallest absolute Gasteiger partial charge is 0.420 e. The van der Waals surface area contributed by atoms with Gasteiger partial charge in [-0.1, -0.05) is 46.3 Å². The molecule has 1 amide bonds. The number of thioether (sulfide) groups is 1. The number of β-lactam (4-membered cyclic amide) rings is 1. The van der Waals surface area contributed by atoms with E-state index in [-0.39, 0.29) is 41.8 Å². The van der Waals surface area contributed by atoms with Crippen molar-refractivity contribution in [1.29, 1.82) is 0 Å². The van der Waals surface area contributed by atoms with Crippen LogP contribution in [0.5, 0.6) is 0 Å². The highest BCUT2D eigenvalue weighted by molar-refractivity contribution is 9.10. The number of aliphatic hydroxyl groups is 1. The summed E-state index contributed by atoms with van der Waals surface area (Å²) in [7, 11) is 0. The van der Waals surface area contributed by atoms with Crippen molar-refractivity contribution in [1.82, 2.24) is 14.5 Å². The summed E-state index contributed by atoms with van der Waals surface area (Å²) in [5.74, 6) is -1.31. The summed E-state index contributed by atoms with van der Waals surface area (Å²) in [6.45, 7) is -0.391. The molecule has 1 fully saturated rings. The van der Waals surface area contributed by atoms with Crippen LogP contribution in [-0.4, -0.2) is 57.1 Å². The zero-order valence-corrected chi connectivity index (χ0v) is 26.8. The van der Waals surface area contributed by atoms with E-state index in [4.69, 9.17) is 9.47 Å². The molecular weight excluding hydrogens is 714 g/mol. The molecule has 3 heterocycles. The molecule has 17 heteroatoms. The fourth-order valence-corrected chi connectivity index (χ4v) is 7.22. The number of carbonyl (C=O) groups is 3. The molecule has 0 spiro atoms. The third-order valence-corrected chi connectivity index (χ3v) is 10.3. The van der Waals surface area contributed by atoms with Gasteiger partial charge in [0.05, 0.1) is 15.5 Å². The molecule has 3 aromatic carbocycles. The van der Waals surface area contributed by atoms with Crippen molar-refractivity contribution in [3.05, 3.63) is 133 Å². The van der Waals surface area contributed by atoms with Crippen LogP contribution in [0.3, 0.4) is 0 Å². The number of nitro groups is 2.